The van der Waals surface area contributed by atoms with Crippen LogP contribution >= 0.6 is 23.2 Å². The quantitative estimate of drug-likeness (QED) is 0.273. The van der Waals surface area contributed by atoms with Gasteiger partial charge in [0.15, 0.2) is 11.6 Å². The number of rotatable bonds is 8. The Balaban J connectivity index is 0.000000346. The van der Waals surface area contributed by atoms with Crippen molar-refractivity contribution >= 4 is 58.0 Å². The van der Waals surface area contributed by atoms with Gasteiger partial charge in [-0.25, -0.2) is 4.79 Å². The summed E-state index contributed by atoms with van der Waals surface area (Å²) in [5, 5.41) is 12.0. The maximum Gasteiger partial charge on any atom is 0.326 e. The molecule has 0 aliphatic heterocycles. The normalized spacial score (nSPS) is 12.0. The minimum absolute atomic E-state index is 0.0471. The van der Waals surface area contributed by atoms with Gasteiger partial charge in [-0.2, -0.15) is 0 Å². The molecule has 0 spiro atoms. The van der Waals surface area contributed by atoms with Gasteiger partial charge in [-0.1, -0.05) is 23.2 Å². The highest BCUT2D eigenvalue weighted by atomic mass is 35.5. The number of nitrogen functional groups attached to an aromatic ring is 2. The van der Waals surface area contributed by atoms with E-state index in [0.29, 0.717) is 27.7 Å². The van der Waals surface area contributed by atoms with Gasteiger partial charge >= 0.3 is 5.97 Å². The molecule has 2 aromatic carbocycles. The lowest BCUT2D eigenvalue weighted by Gasteiger charge is -2.13. The molecule has 0 fully saturated rings. The van der Waals surface area contributed by atoms with E-state index in [-0.39, 0.29) is 29.5 Å². The largest absolute Gasteiger partial charge is 0.480 e. The minimum atomic E-state index is -1.28. The summed E-state index contributed by atoms with van der Waals surface area (Å²) in [6.45, 7) is 2.96. The van der Waals surface area contributed by atoms with Crippen molar-refractivity contribution in [2.24, 2.45) is 5.73 Å². The van der Waals surface area contributed by atoms with E-state index in [0.717, 1.165) is 0 Å². The number of anilines is 2. The van der Waals surface area contributed by atoms with Gasteiger partial charge in [0.05, 0.1) is 0 Å². The van der Waals surface area contributed by atoms with E-state index < -0.39 is 23.7 Å². The van der Waals surface area contributed by atoms with Crippen molar-refractivity contribution in [3.63, 3.8) is 0 Å². The smallest absolute Gasteiger partial charge is 0.326 e. The molecule has 0 saturated heterocycles. The summed E-state index contributed by atoms with van der Waals surface area (Å²) in [5.74, 6) is -2.33. The topological polar surface area (TPSA) is 179 Å². The number of nitrogens with two attached hydrogens (primary N) is 3. The van der Waals surface area contributed by atoms with Gasteiger partial charge in [0.1, 0.15) is 6.04 Å². The number of carbonyl (C=O) groups excluding carboxylic acids is 3. The van der Waals surface area contributed by atoms with E-state index in [1.165, 1.54) is 25.1 Å². The van der Waals surface area contributed by atoms with Crippen LogP contribution in [0.2, 0.25) is 10.0 Å². The van der Waals surface area contributed by atoms with Gasteiger partial charge < -0.3 is 27.6 Å². The van der Waals surface area contributed by atoms with Gasteiger partial charge in [0, 0.05) is 58.4 Å². The second kappa shape index (κ2) is 12.8. The van der Waals surface area contributed by atoms with Crippen molar-refractivity contribution in [1.82, 2.24) is 5.32 Å². The number of aliphatic carboxylic acids is 1. The number of hydrogen-bond acceptors (Lipinski definition) is 7. The average molecular weight is 497 g/mol. The second-order valence-electron chi connectivity index (χ2n) is 7.29. The fourth-order valence-corrected chi connectivity index (χ4v) is 3.08. The van der Waals surface area contributed by atoms with Gasteiger partial charge in [0.2, 0.25) is 5.91 Å². The number of hydrogen-bond donors (Lipinski definition) is 5. The van der Waals surface area contributed by atoms with E-state index in [2.05, 4.69) is 5.32 Å². The van der Waals surface area contributed by atoms with Crippen LogP contribution in [0.3, 0.4) is 0 Å². The summed E-state index contributed by atoms with van der Waals surface area (Å²) >= 11 is 11.4. The zero-order chi connectivity index (χ0) is 25.3. The predicted octanol–water partition coefficient (Wildman–Crippen LogP) is 2.93. The van der Waals surface area contributed by atoms with Crippen LogP contribution < -0.4 is 22.5 Å². The molecule has 11 heteroatoms. The molecule has 2 aromatic rings. The fourth-order valence-electron chi connectivity index (χ4n) is 2.72. The van der Waals surface area contributed by atoms with E-state index in [4.69, 9.17) is 45.5 Å². The van der Waals surface area contributed by atoms with Crippen LogP contribution in [-0.4, -0.2) is 40.6 Å². The first-order chi connectivity index (χ1) is 15.3. The monoisotopic (exact) mass is 496 g/mol. The highest BCUT2D eigenvalue weighted by molar-refractivity contribution is 6.31. The Bertz CT molecular complexity index is 1040. The number of halogens is 2. The zero-order valence-electron chi connectivity index (χ0n) is 18.1. The summed E-state index contributed by atoms with van der Waals surface area (Å²) in [6.07, 6.45) is -0.0768. The highest BCUT2D eigenvalue weighted by Crippen LogP contribution is 2.20. The Hall–Kier alpha value is -3.14. The summed E-state index contributed by atoms with van der Waals surface area (Å²) in [6, 6.07) is 7.72. The average Bonchev–Trinajstić information content (AvgIpc) is 2.66. The van der Waals surface area contributed by atoms with Crippen molar-refractivity contribution in [3.8, 4) is 0 Å². The molecule has 33 heavy (non-hydrogen) atoms. The van der Waals surface area contributed by atoms with E-state index in [1.54, 1.807) is 25.1 Å². The Morgan fingerprint density at radius 2 is 1.33 bits per heavy atom. The number of Topliss-reactive ketones (excluding diaryl/α,β-unsaturated/α-hetero) is 2. The molecule has 0 bridgehead atoms. The lowest BCUT2D eigenvalue weighted by atomic mass is 10.0. The minimum Gasteiger partial charge on any atom is -0.480 e. The Morgan fingerprint density at radius 3 is 1.67 bits per heavy atom. The molecule has 0 aromatic heterocycles. The van der Waals surface area contributed by atoms with Gasteiger partial charge in [-0.3, -0.25) is 14.4 Å². The molecule has 0 aliphatic rings. The number of benzene rings is 2. The highest BCUT2D eigenvalue weighted by Gasteiger charge is 2.23. The summed E-state index contributed by atoms with van der Waals surface area (Å²) in [4.78, 5) is 45.3. The molecular weight excluding hydrogens is 471 g/mol. The number of amides is 1. The van der Waals surface area contributed by atoms with Crippen LogP contribution in [0.4, 0.5) is 11.4 Å². The van der Waals surface area contributed by atoms with Gasteiger partial charge in [-0.05, 0) is 43.3 Å². The first-order valence-corrected chi connectivity index (χ1v) is 10.5. The fraction of sp³-hybridized carbons (Fsp3) is 0.273. The van der Waals surface area contributed by atoms with Crippen molar-refractivity contribution < 1.29 is 24.3 Å². The number of nitrogens with one attached hydrogen (secondary N) is 1. The third kappa shape index (κ3) is 9.48. The molecule has 1 amide bonds. The number of carbonyl (C=O) groups is 4. The molecule has 2 atom stereocenters. The van der Waals surface area contributed by atoms with Crippen LogP contribution in [0.1, 0.15) is 47.4 Å². The molecule has 0 saturated carbocycles. The van der Waals surface area contributed by atoms with E-state index >= 15 is 0 Å². The van der Waals surface area contributed by atoms with E-state index in [1.807, 2.05) is 0 Å². The SMILES string of the molecule is CC(=O)NC(CC(=O)c1ccc(Cl)cc1N)C(=O)O.C[C@@H](N)CC(=O)c1ccc(Cl)cc1N. The van der Waals surface area contributed by atoms with Crippen molar-refractivity contribution in [2.75, 3.05) is 11.5 Å². The maximum atomic E-state index is 11.9. The van der Waals surface area contributed by atoms with Crippen LogP contribution in [-0.2, 0) is 9.59 Å². The standard InChI is InChI=1S/C12H13ClN2O4.C10H13ClN2O/c1-6(16)15-10(12(18)19)5-11(17)8-3-2-7(13)4-9(8)14;1-6(12)4-10(14)8-3-2-7(11)5-9(8)13/h2-4,10H,5,14H2,1H3,(H,15,16)(H,18,19);2-3,5-6H,4,12-13H2,1H3/t;6-/m.1/s1. The van der Waals surface area contributed by atoms with Gasteiger partial charge in [-0.15, -0.1) is 0 Å². The number of ketones is 2. The lowest BCUT2D eigenvalue weighted by molar-refractivity contribution is -0.141. The molecule has 0 radical (unpaired) electrons. The maximum absolute atomic E-state index is 11.9. The van der Waals surface area contributed by atoms with Crippen molar-refractivity contribution in [1.29, 1.82) is 0 Å². The molecule has 0 heterocycles. The molecule has 2 rings (SSSR count). The van der Waals surface area contributed by atoms with Crippen molar-refractivity contribution in [2.45, 2.75) is 38.8 Å². The molecule has 8 N–H and O–H groups in total. The molecule has 9 nitrogen and oxygen atoms in total. The Morgan fingerprint density at radius 1 is 0.909 bits per heavy atom. The second-order valence-corrected chi connectivity index (χ2v) is 8.16. The lowest BCUT2D eigenvalue weighted by Crippen LogP contribution is -2.41. The van der Waals surface area contributed by atoms with E-state index in [9.17, 15) is 19.2 Å². The number of carboxylic acids is 1. The Kier molecular flexibility index (Phi) is 10.8. The van der Waals surface area contributed by atoms with Gasteiger partial charge in [0.25, 0.3) is 0 Å². The van der Waals surface area contributed by atoms with Crippen LogP contribution in [0.15, 0.2) is 36.4 Å². The zero-order valence-corrected chi connectivity index (χ0v) is 19.6. The Labute approximate surface area is 201 Å². The molecule has 178 valence electrons. The third-order valence-corrected chi connectivity index (χ3v) is 4.67. The summed E-state index contributed by atoms with van der Waals surface area (Å²) in [5.41, 5.74) is 18.1. The number of carboxylic acid groups (broad SMARTS) is 1. The molecule has 1 unspecified atom stereocenters. The predicted molar refractivity (Wildman–Crippen MR) is 129 cm³/mol. The first-order valence-electron chi connectivity index (χ1n) is 9.73. The van der Waals surface area contributed by atoms with Crippen LogP contribution in [0, 0.1) is 0 Å². The van der Waals surface area contributed by atoms with Crippen LogP contribution in [0.5, 0.6) is 0 Å². The summed E-state index contributed by atoms with van der Waals surface area (Å²) < 4.78 is 0. The molecular formula is C22H26Cl2N4O5. The van der Waals surface area contributed by atoms with Crippen molar-refractivity contribution in [3.05, 3.63) is 57.6 Å². The first kappa shape index (κ1) is 27.9. The molecule has 0 aliphatic carbocycles. The van der Waals surface area contributed by atoms with Crippen LogP contribution in [0.25, 0.3) is 0 Å². The third-order valence-electron chi connectivity index (χ3n) is 4.20. The summed E-state index contributed by atoms with van der Waals surface area (Å²) in [7, 11) is 0.